The molecule has 6 aromatic carbocycles. The standard InChI is InChI=1S/3C32H32O13S/c3*1-37-19-6-13(7-20(38-2)25(19)33)23-14-8-17-18(42-12-41-17)9-15(14)28(16-10-39-30(36)24(16)23)44-32-27(35)26(34)29-21(43-32)11-40-31(45-29)22-4-3-5-46-22/h3*3-9,16,21,23-24,26-29,31-35H,10-12H2,1-2H3/t3*16-,21+,23+,24-,26+,27+,28+,29+,31+,32-/m000/s1/i1D3,2D3,12D2,23D;1D3,2D3,10D2,12D2;10D2,12D2,23D. The number of aliphatic hydroxyl groups excluding tert-OH is 6. The van der Waals surface area contributed by atoms with Crippen molar-refractivity contribution in [3.63, 3.8) is 0 Å². The van der Waals surface area contributed by atoms with Crippen LogP contribution >= 0.6 is 34.0 Å². The molecule has 9 fully saturated rings. The van der Waals surface area contributed by atoms with Gasteiger partial charge in [0, 0.05) is 38.2 Å². The van der Waals surface area contributed by atoms with Gasteiger partial charge in [-0.1, -0.05) is 18.2 Å². The maximum absolute atomic E-state index is 13.8. The number of thiophene rings is 3. The Bertz CT molecular complexity index is 7060. The van der Waals surface area contributed by atoms with Gasteiger partial charge in [-0.25, -0.2) is 0 Å². The maximum atomic E-state index is 13.8. The number of rotatable bonds is 18. The van der Waals surface area contributed by atoms with Crippen molar-refractivity contribution in [2.75, 3.05) is 102 Å². The van der Waals surface area contributed by atoms with Gasteiger partial charge in [0.05, 0.1) is 155 Å². The van der Waals surface area contributed by atoms with Crippen LogP contribution in [0, 0.1) is 35.5 Å². The van der Waals surface area contributed by atoms with Crippen LogP contribution in [0.3, 0.4) is 0 Å². The van der Waals surface area contributed by atoms with Crippen LogP contribution in [0.4, 0.5) is 0 Å². The van der Waals surface area contributed by atoms with E-state index in [1.807, 2.05) is 22.2 Å². The molecule has 42 heteroatoms. The lowest BCUT2D eigenvalue weighted by molar-refractivity contribution is -0.368. The Kier molecular flexibility index (Phi) is 18.6. The van der Waals surface area contributed by atoms with Crippen molar-refractivity contribution < 1.29 is 221 Å². The Balaban J connectivity index is 0.000000135. The monoisotopic (exact) mass is 1990 g/mol. The fourth-order valence-corrected chi connectivity index (χ4v) is 22.0. The van der Waals surface area contributed by atoms with Crippen molar-refractivity contribution in [2.45, 2.75) is 147 Å². The minimum absolute atomic E-state index is 0.00917. The third-order valence-electron chi connectivity index (χ3n) is 26.3. The van der Waals surface area contributed by atoms with Gasteiger partial charge in [-0.2, -0.15) is 0 Å². The molecule has 732 valence electrons. The van der Waals surface area contributed by atoms with Crippen LogP contribution in [0.5, 0.6) is 86.2 Å². The summed E-state index contributed by atoms with van der Waals surface area (Å²) >= 11 is 4.12. The van der Waals surface area contributed by atoms with Crippen LogP contribution in [-0.2, 0) is 85.4 Å². The highest BCUT2D eigenvalue weighted by atomic mass is 32.1. The van der Waals surface area contributed by atoms with Crippen molar-refractivity contribution in [1.29, 1.82) is 0 Å². The number of carbonyl (C=O) groups excluding carboxylic acids is 3. The molecule has 9 saturated heterocycles. The molecule has 0 unspecified atom stereocenters. The molecule has 0 saturated carbocycles. The molecule has 9 N–H and O–H groups in total. The summed E-state index contributed by atoms with van der Waals surface area (Å²) in [6.45, 7) is -14.1. The quantitative estimate of drug-likeness (QED) is 0.0288. The van der Waals surface area contributed by atoms with E-state index in [9.17, 15) is 63.1 Å². The lowest BCUT2D eigenvalue weighted by Crippen LogP contribution is -2.62. The summed E-state index contributed by atoms with van der Waals surface area (Å²) in [4.78, 5) is 43.6. The summed E-state index contributed by atoms with van der Waals surface area (Å²) in [6, 6.07) is 24.9. The van der Waals surface area contributed by atoms with Gasteiger partial charge in [0.25, 0.3) is 0 Å². The number of phenols is 3. The number of esters is 3. The molecule has 30 atom stereocenters. The normalized spacial score (nSPS) is 40.1. The number of hydrogen-bond acceptors (Lipinski definition) is 42. The number of benzene rings is 6. The smallest absolute Gasteiger partial charge is 0.310 e. The number of ether oxygens (including phenoxy) is 27. The van der Waals surface area contributed by atoms with Gasteiger partial charge in [-0.3, -0.25) is 14.4 Å². The zero-order valence-corrected chi connectivity index (χ0v) is 73.6. The van der Waals surface area contributed by atoms with E-state index >= 15 is 0 Å². The zero-order valence-electron chi connectivity index (χ0n) is 95.1. The van der Waals surface area contributed by atoms with Gasteiger partial charge in [-0.05, 0) is 157 Å². The Morgan fingerprint density at radius 1 is 0.355 bits per heavy atom. The predicted molar refractivity (Wildman–Crippen MR) is 468 cm³/mol. The van der Waals surface area contributed by atoms with E-state index in [2.05, 4.69) is 0 Å². The maximum Gasteiger partial charge on any atom is 0.310 e. The first kappa shape index (κ1) is 68.2. The van der Waals surface area contributed by atoms with Crippen LogP contribution < -0.4 is 56.8 Å². The number of methoxy groups -OCH3 is 6. The van der Waals surface area contributed by atoms with Crippen molar-refractivity contribution >= 4 is 51.9 Å². The molecule has 12 aliphatic heterocycles. The third-order valence-corrected chi connectivity index (χ3v) is 29.0. The molecule has 15 aliphatic rings. The fraction of sp³-hybridized carbons (Fsp3) is 0.469. The molecule has 9 aromatic rings. The van der Waals surface area contributed by atoms with Crippen molar-refractivity contribution in [1.82, 2.24) is 0 Å². The highest BCUT2D eigenvalue weighted by molar-refractivity contribution is 7.10. The van der Waals surface area contributed by atoms with E-state index in [0.29, 0.717) is 4.88 Å². The zero-order chi connectivity index (χ0) is 116. The van der Waals surface area contributed by atoms with E-state index in [0.717, 1.165) is 34.0 Å². The van der Waals surface area contributed by atoms with Crippen LogP contribution in [0.2, 0.25) is 0 Å². The molecule has 24 rings (SSSR count). The molecule has 0 radical (unpaired) electrons. The lowest BCUT2D eigenvalue weighted by Gasteiger charge is -2.48. The van der Waals surface area contributed by atoms with Gasteiger partial charge in [0.15, 0.2) is 107 Å². The summed E-state index contributed by atoms with van der Waals surface area (Å²) in [5, 5.41) is 106. The summed E-state index contributed by atoms with van der Waals surface area (Å²) < 4.78 is 347. The number of phenolic OH excluding ortho intramolecular Hbond substituents is 3. The van der Waals surface area contributed by atoms with E-state index in [4.69, 9.17) is 158 Å². The predicted octanol–water partition coefficient (Wildman–Crippen LogP) is 8.26. The summed E-state index contributed by atoms with van der Waals surface area (Å²) in [6.07, 6.45) is -27.7. The van der Waals surface area contributed by atoms with Gasteiger partial charge in [0.2, 0.25) is 37.5 Å². The summed E-state index contributed by atoms with van der Waals surface area (Å²) in [5.74, 6) is -25.0. The SMILES string of the molecule is [2H]C([2H])([2H])Oc1cc([C@@H]2c3cc4c(cc3[C@@H](O[C@@H]3O[C@@H]5CO[C@@H](c6cccs6)O[C@H]5[C@H](O)[C@H]3O)[C@@H]3[C@@H]2C(=O)OC3([2H])[2H])OC([2H])([2H])O4)cc(OC([2H])([2H])[2H])c1O.[2H]C([2H])([2H])Oc1cc([C@]2([2H])c3cc4c(cc3[C@@H](O[C@@H]3O[C@@H]5CO[C@@H](c6cccs6)O[C@H]5[C@H](O)[C@H]3O)[C@H]3COC(=O)[C@@H]32)OC([2H])([2H])O4)cc(OC([2H])([2H])[2H])c1O.[2H]C1([2H])Oc2cc3c(cc2O1)[C@@]([2H])(c1cc(OC)c(O)c(OC)c1)[C@H]1C(=O)OC([2H])([2H])[C@@H]1[C@@H]3O[C@@H]1O[C@@H]2CO[C@@H](c3cccs3)O[C@H]2[C@H](O)[C@H]1O. The molecule has 15 heterocycles. The van der Waals surface area contributed by atoms with Gasteiger partial charge < -0.3 is 174 Å². The molecule has 0 bridgehead atoms. The fourth-order valence-electron chi connectivity index (χ4n) is 19.9. The lowest BCUT2D eigenvalue weighted by atomic mass is 9.66. The molecule has 3 aromatic heterocycles. The Hall–Kier alpha value is -10.9. The van der Waals surface area contributed by atoms with E-state index in [-0.39, 0.29) is 128 Å². The first-order valence-electron chi connectivity index (χ1n) is 54.7. The second-order valence-corrected chi connectivity index (χ2v) is 36.6. The van der Waals surface area contributed by atoms with Crippen LogP contribution in [0.15, 0.2) is 125 Å². The number of cyclic esters (lactones) is 3. The van der Waals surface area contributed by atoms with E-state index in [1.165, 1.54) is 96.8 Å². The molecular formula is C96H96O39S3. The first-order valence-corrected chi connectivity index (χ1v) is 45.3. The third kappa shape index (κ3) is 16.1. The summed E-state index contributed by atoms with van der Waals surface area (Å²) in [7, 11) is -10.2. The number of aromatic hydroxyl groups is 3. The van der Waals surface area contributed by atoms with Gasteiger partial charge in [-0.15, -0.1) is 34.0 Å². The Morgan fingerprint density at radius 3 is 1.02 bits per heavy atom. The average Bonchev–Trinajstić information content (AvgIpc) is 1.44. The highest BCUT2D eigenvalue weighted by Crippen LogP contribution is 2.63. The van der Waals surface area contributed by atoms with Crippen molar-refractivity contribution in [3.8, 4) is 86.2 Å². The number of hydrogen-bond donors (Lipinski definition) is 9. The molecule has 0 amide bonds. The van der Waals surface area contributed by atoms with Crippen molar-refractivity contribution in [2.24, 2.45) is 35.5 Å². The second kappa shape index (κ2) is 37.6. The molecule has 138 heavy (non-hydrogen) atoms. The van der Waals surface area contributed by atoms with Crippen LogP contribution in [-0.4, -0.2) is 258 Å². The average molecular weight is 1990 g/mol. The molecular weight excluding hydrogens is 1870 g/mol. The number of carbonyl (C=O) groups is 3. The highest BCUT2D eigenvalue weighted by Gasteiger charge is 2.62. The van der Waals surface area contributed by atoms with E-state index in [1.54, 1.807) is 30.3 Å². The minimum atomic E-state index is -3.18. The molecule has 3 aliphatic carbocycles. The van der Waals surface area contributed by atoms with Crippen LogP contribution in [0.1, 0.15) is 152 Å². The molecule has 0 spiro atoms. The Morgan fingerprint density at radius 2 is 0.667 bits per heavy atom. The summed E-state index contributed by atoms with van der Waals surface area (Å²) in [5.41, 5.74) is -0.349. The van der Waals surface area contributed by atoms with Crippen molar-refractivity contribution in [3.05, 3.63) is 190 Å². The minimum Gasteiger partial charge on any atom is -0.502 e. The first-order chi connectivity index (χ1) is 76.0. The van der Waals surface area contributed by atoms with Gasteiger partial charge in [0.1, 0.15) is 81.5 Å². The number of fused-ring (bicyclic) bond motifs is 12. The largest absolute Gasteiger partial charge is 0.502 e. The van der Waals surface area contributed by atoms with Gasteiger partial charge >= 0.3 is 17.9 Å². The van der Waals surface area contributed by atoms with E-state index < -0.39 is 296 Å². The topological polar surface area (TPSA) is 482 Å². The Labute approximate surface area is 831 Å². The van der Waals surface area contributed by atoms with Crippen LogP contribution in [0.25, 0.3) is 0 Å². The molecule has 39 nitrogen and oxygen atoms in total. The number of aliphatic hydroxyl groups is 6. The second-order valence-electron chi connectivity index (χ2n) is 33.7.